The van der Waals surface area contributed by atoms with Crippen molar-refractivity contribution < 1.29 is 9.53 Å². The molecule has 98 valence electrons. The molecular weight excluding hydrogens is 230 g/mol. The smallest absolute Gasteiger partial charge is 0.339 e. The average molecular weight is 249 g/mol. The Bertz CT molecular complexity index is 442. The highest BCUT2D eigenvalue weighted by Gasteiger charge is 2.21. The van der Waals surface area contributed by atoms with E-state index in [1.807, 2.05) is 20.0 Å². The van der Waals surface area contributed by atoms with Crippen LogP contribution in [0.4, 0.5) is 5.82 Å². The maximum atomic E-state index is 11.5. The zero-order chi connectivity index (χ0) is 13.1. The van der Waals surface area contributed by atoms with Crippen LogP contribution in [0.5, 0.6) is 0 Å². The summed E-state index contributed by atoms with van der Waals surface area (Å²) in [4.78, 5) is 18.1. The number of rotatable bonds is 3. The summed E-state index contributed by atoms with van der Waals surface area (Å²) in [6.07, 6.45) is 1.12. The van der Waals surface area contributed by atoms with Gasteiger partial charge in [-0.3, -0.25) is 0 Å². The predicted molar refractivity (Wildman–Crippen MR) is 70.0 cm³/mol. The molecule has 0 radical (unpaired) electrons. The molecule has 1 N–H and O–H groups in total. The summed E-state index contributed by atoms with van der Waals surface area (Å²) < 4.78 is 4.71. The molecule has 1 aliphatic heterocycles. The van der Waals surface area contributed by atoms with E-state index < -0.39 is 0 Å². The molecule has 0 amide bonds. The number of ether oxygens (including phenoxy) is 1. The van der Waals surface area contributed by atoms with Gasteiger partial charge in [0.05, 0.1) is 18.4 Å². The van der Waals surface area contributed by atoms with Crippen molar-refractivity contribution in [1.82, 2.24) is 10.3 Å². The van der Waals surface area contributed by atoms with E-state index in [-0.39, 0.29) is 5.97 Å². The molecule has 0 saturated carbocycles. The molecule has 1 aliphatic rings. The lowest BCUT2D eigenvalue weighted by Gasteiger charge is -2.25. The molecule has 18 heavy (non-hydrogen) atoms. The third kappa shape index (κ3) is 2.46. The van der Waals surface area contributed by atoms with Crippen molar-refractivity contribution in [2.24, 2.45) is 0 Å². The Morgan fingerprint density at radius 1 is 1.56 bits per heavy atom. The van der Waals surface area contributed by atoms with E-state index in [1.54, 1.807) is 6.07 Å². The number of anilines is 1. The number of carbonyl (C=O) groups excluding carboxylic acids is 1. The van der Waals surface area contributed by atoms with Gasteiger partial charge in [0, 0.05) is 19.6 Å². The number of nitrogens with one attached hydrogen (secondary N) is 1. The van der Waals surface area contributed by atoms with Gasteiger partial charge in [-0.05, 0) is 32.0 Å². The molecule has 0 aliphatic carbocycles. The molecule has 0 aromatic carbocycles. The largest absolute Gasteiger partial charge is 0.465 e. The SMILES string of the molecule is COC(=O)c1ccc(N(C)C2CCNC2)nc1C. The van der Waals surface area contributed by atoms with Gasteiger partial charge in [0.2, 0.25) is 0 Å². The molecule has 1 atom stereocenters. The molecule has 0 bridgehead atoms. The van der Waals surface area contributed by atoms with E-state index in [0.717, 1.165) is 25.3 Å². The zero-order valence-electron chi connectivity index (χ0n) is 11.1. The average Bonchev–Trinajstić information content (AvgIpc) is 2.90. The van der Waals surface area contributed by atoms with Crippen molar-refractivity contribution in [3.05, 3.63) is 23.4 Å². The summed E-state index contributed by atoms with van der Waals surface area (Å²) in [6.45, 7) is 3.86. The van der Waals surface area contributed by atoms with Crippen molar-refractivity contribution in [1.29, 1.82) is 0 Å². The zero-order valence-corrected chi connectivity index (χ0v) is 11.1. The number of methoxy groups -OCH3 is 1. The quantitative estimate of drug-likeness (QED) is 0.809. The number of aryl methyl sites for hydroxylation is 1. The second-order valence-electron chi connectivity index (χ2n) is 4.55. The van der Waals surface area contributed by atoms with Gasteiger partial charge >= 0.3 is 5.97 Å². The van der Waals surface area contributed by atoms with Crippen LogP contribution in [0.3, 0.4) is 0 Å². The summed E-state index contributed by atoms with van der Waals surface area (Å²) in [7, 11) is 3.42. The second kappa shape index (κ2) is 5.35. The number of hydrogen-bond donors (Lipinski definition) is 1. The molecule has 1 aromatic rings. The molecular formula is C13H19N3O2. The maximum absolute atomic E-state index is 11.5. The van der Waals surface area contributed by atoms with Crippen LogP contribution in [0.25, 0.3) is 0 Å². The molecule has 5 nitrogen and oxygen atoms in total. The number of carbonyl (C=O) groups is 1. The van der Waals surface area contributed by atoms with E-state index in [2.05, 4.69) is 15.2 Å². The van der Waals surface area contributed by atoms with E-state index in [9.17, 15) is 4.79 Å². The topological polar surface area (TPSA) is 54.5 Å². The van der Waals surface area contributed by atoms with Gasteiger partial charge in [-0.1, -0.05) is 0 Å². The minimum absolute atomic E-state index is 0.336. The van der Waals surface area contributed by atoms with E-state index in [1.165, 1.54) is 7.11 Å². The van der Waals surface area contributed by atoms with Crippen LogP contribution in [-0.2, 0) is 4.74 Å². The van der Waals surface area contributed by atoms with Gasteiger partial charge in [-0.15, -0.1) is 0 Å². The highest BCUT2D eigenvalue weighted by Crippen LogP contribution is 2.18. The molecule has 0 spiro atoms. The minimum Gasteiger partial charge on any atom is -0.465 e. The van der Waals surface area contributed by atoms with Gasteiger partial charge in [0.1, 0.15) is 5.82 Å². The van der Waals surface area contributed by atoms with Crippen molar-refractivity contribution >= 4 is 11.8 Å². The number of nitrogens with zero attached hydrogens (tertiary/aromatic N) is 2. The lowest BCUT2D eigenvalue weighted by molar-refractivity contribution is 0.0599. The van der Waals surface area contributed by atoms with Crippen LogP contribution in [-0.4, -0.2) is 44.2 Å². The fraction of sp³-hybridized carbons (Fsp3) is 0.538. The third-order valence-electron chi connectivity index (χ3n) is 3.42. The summed E-state index contributed by atoms with van der Waals surface area (Å²) in [5.74, 6) is 0.561. The molecule has 1 fully saturated rings. The Morgan fingerprint density at radius 2 is 2.33 bits per heavy atom. The maximum Gasteiger partial charge on any atom is 0.339 e. The number of aromatic nitrogens is 1. The number of esters is 1. The summed E-state index contributed by atoms with van der Waals surface area (Å²) in [6, 6.07) is 4.13. The second-order valence-corrected chi connectivity index (χ2v) is 4.55. The first-order valence-electron chi connectivity index (χ1n) is 6.13. The van der Waals surface area contributed by atoms with Gasteiger partial charge in [-0.25, -0.2) is 9.78 Å². The highest BCUT2D eigenvalue weighted by atomic mass is 16.5. The van der Waals surface area contributed by atoms with Crippen LogP contribution >= 0.6 is 0 Å². The van der Waals surface area contributed by atoms with Crippen molar-refractivity contribution in [2.75, 3.05) is 32.1 Å². The standard InChI is InChI=1S/C13H19N3O2/c1-9-11(13(17)18-3)4-5-12(15-9)16(2)10-6-7-14-8-10/h4-5,10,14H,6-8H2,1-3H3. The van der Waals surface area contributed by atoms with Crippen molar-refractivity contribution in [2.45, 2.75) is 19.4 Å². The summed E-state index contributed by atoms with van der Waals surface area (Å²) in [5, 5.41) is 3.33. The van der Waals surface area contributed by atoms with E-state index in [4.69, 9.17) is 4.74 Å². The monoisotopic (exact) mass is 249 g/mol. The van der Waals surface area contributed by atoms with Crippen LogP contribution < -0.4 is 10.2 Å². The van der Waals surface area contributed by atoms with Crippen LogP contribution in [0.15, 0.2) is 12.1 Å². The summed E-state index contributed by atoms with van der Waals surface area (Å²) in [5.41, 5.74) is 1.23. The number of pyridine rings is 1. The lowest BCUT2D eigenvalue weighted by atomic mass is 10.2. The molecule has 2 rings (SSSR count). The minimum atomic E-state index is -0.336. The first-order chi connectivity index (χ1) is 8.63. The Hall–Kier alpha value is -1.62. The first-order valence-corrected chi connectivity index (χ1v) is 6.13. The normalized spacial score (nSPS) is 18.7. The molecule has 5 heteroatoms. The Balaban J connectivity index is 2.20. The molecule has 2 heterocycles. The summed E-state index contributed by atoms with van der Waals surface area (Å²) >= 11 is 0. The Morgan fingerprint density at radius 3 is 2.89 bits per heavy atom. The fourth-order valence-corrected chi connectivity index (χ4v) is 2.23. The Kier molecular flexibility index (Phi) is 3.81. The number of likely N-dealkylation sites (N-methyl/N-ethyl adjacent to an activating group) is 1. The first kappa shape index (κ1) is 12.8. The van der Waals surface area contributed by atoms with Crippen LogP contribution in [0, 0.1) is 6.92 Å². The Labute approximate surface area is 107 Å². The number of hydrogen-bond acceptors (Lipinski definition) is 5. The molecule has 1 aromatic heterocycles. The molecule has 1 unspecified atom stereocenters. The van der Waals surface area contributed by atoms with Crippen LogP contribution in [0.2, 0.25) is 0 Å². The highest BCUT2D eigenvalue weighted by molar-refractivity contribution is 5.90. The lowest BCUT2D eigenvalue weighted by Crippen LogP contribution is -2.34. The van der Waals surface area contributed by atoms with Gasteiger partial charge in [0.15, 0.2) is 0 Å². The van der Waals surface area contributed by atoms with Gasteiger partial charge in [0.25, 0.3) is 0 Å². The van der Waals surface area contributed by atoms with Crippen molar-refractivity contribution in [3.8, 4) is 0 Å². The van der Waals surface area contributed by atoms with Gasteiger partial charge in [-0.2, -0.15) is 0 Å². The van der Waals surface area contributed by atoms with E-state index >= 15 is 0 Å². The fourth-order valence-electron chi connectivity index (χ4n) is 2.23. The van der Waals surface area contributed by atoms with Gasteiger partial charge < -0.3 is 15.0 Å². The predicted octanol–water partition coefficient (Wildman–Crippen LogP) is 0.975. The van der Waals surface area contributed by atoms with Crippen molar-refractivity contribution in [3.63, 3.8) is 0 Å². The van der Waals surface area contributed by atoms with E-state index in [0.29, 0.717) is 17.3 Å². The van der Waals surface area contributed by atoms with Crippen LogP contribution in [0.1, 0.15) is 22.5 Å². The molecule has 1 saturated heterocycles. The third-order valence-corrected chi connectivity index (χ3v) is 3.42.